The summed E-state index contributed by atoms with van der Waals surface area (Å²) in [4.78, 5) is 32.4. The Labute approximate surface area is 169 Å². The van der Waals surface area contributed by atoms with Crippen molar-refractivity contribution in [1.29, 1.82) is 0 Å². The van der Waals surface area contributed by atoms with Crippen LogP contribution >= 0.6 is 0 Å². The average molecular weight is 390 g/mol. The van der Waals surface area contributed by atoms with E-state index in [1.807, 2.05) is 24.3 Å². The van der Waals surface area contributed by atoms with Gasteiger partial charge in [-0.3, -0.25) is 4.79 Å². The first kappa shape index (κ1) is 20.0. The zero-order chi connectivity index (χ0) is 20.6. The first-order chi connectivity index (χ1) is 14.1. The van der Waals surface area contributed by atoms with Crippen molar-refractivity contribution in [2.45, 2.75) is 20.3 Å². The van der Waals surface area contributed by atoms with Crippen LogP contribution in [0.15, 0.2) is 60.9 Å². The fraction of sp³-hybridized carbons (Fsp3) is 0.182. The van der Waals surface area contributed by atoms with Gasteiger partial charge in [0.15, 0.2) is 0 Å². The largest absolute Gasteiger partial charge is 0.462 e. The molecule has 0 fully saturated rings. The Kier molecular flexibility index (Phi) is 6.52. The first-order valence-corrected chi connectivity index (χ1v) is 9.35. The Morgan fingerprint density at radius 1 is 0.862 bits per heavy atom. The maximum absolute atomic E-state index is 12.4. The number of anilines is 3. The third kappa shape index (κ3) is 5.38. The van der Waals surface area contributed by atoms with Crippen LogP contribution in [0.25, 0.3) is 0 Å². The number of carbonyl (C=O) groups is 2. The van der Waals surface area contributed by atoms with Gasteiger partial charge in [-0.2, -0.15) is 0 Å². The van der Waals surface area contributed by atoms with Gasteiger partial charge in [0.25, 0.3) is 5.91 Å². The predicted molar refractivity (Wildman–Crippen MR) is 111 cm³/mol. The number of nitrogens with one attached hydrogen (secondary N) is 2. The van der Waals surface area contributed by atoms with Crippen molar-refractivity contribution in [1.82, 2.24) is 9.97 Å². The minimum Gasteiger partial charge on any atom is -0.462 e. The van der Waals surface area contributed by atoms with Crippen molar-refractivity contribution in [3.63, 3.8) is 0 Å². The number of hydrogen-bond acceptors (Lipinski definition) is 6. The van der Waals surface area contributed by atoms with Crippen molar-refractivity contribution in [2.24, 2.45) is 0 Å². The van der Waals surface area contributed by atoms with Crippen LogP contribution in [0.5, 0.6) is 0 Å². The molecule has 2 aromatic carbocycles. The average Bonchev–Trinajstić information content (AvgIpc) is 2.75. The Bertz CT molecular complexity index is 968. The summed E-state index contributed by atoms with van der Waals surface area (Å²) in [5.74, 6) is -0.330. The normalized spacial score (nSPS) is 10.3. The number of rotatable bonds is 7. The van der Waals surface area contributed by atoms with E-state index in [0.717, 1.165) is 12.1 Å². The Hall–Kier alpha value is -3.74. The molecule has 1 heterocycles. The molecule has 0 spiro atoms. The molecule has 2 N–H and O–H groups in total. The third-order valence-corrected chi connectivity index (χ3v) is 4.19. The van der Waals surface area contributed by atoms with Gasteiger partial charge in [0, 0.05) is 23.8 Å². The lowest BCUT2D eigenvalue weighted by atomic mass is 10.1. The monoisotopic (exact) mass is 390 g/mol. The summed E-state index contributed by atoms with van der Waals surface area (Å²) in [7, 11) is 0. The summed E-state index contributed by atoms with van der Waals surface area (Å²) in [6, 6.07) is 14.5. The molecule has 0 aliphatic rings. The van der Waals surface area contributed by atoms with E-state index in [1.165, 1.54) is 18.0 Å². The number of carbonyl (C=O) groups excluding carboxylic acids is 2. The number of hydrogen-bond donors (Lipinski definition) is 2. The van der Waals surface area contributed by atoms with Gasteiger partial charge >= 0.3 is 5.97 Å². The number of aryl methyl sites for hydroxylation is 1. The highest BCUT2D eigenvalue weighted by atomic mass is 16.5. The zero-order valence-corrected chi connectivity index (χ0v) is 16.3. The molecule has 0 aliphatic heterocycles. The number of esters is 1. The number of benzene rings is 2. The molecule has 1 aromatic heterocycles. The molecule has 3 aromatic rings. The van der Waals surface area contributed by atoms with Crippen LogP contribution in [-0.2, 0) is 11.2 Å². The topological polar surface area (TPSA) is 93.2 Å². The summed E-state index contributed by atoms with van der Waals surface area (Å²) < 4.78 is 4.93. The molecule has 7 heteroatoms. The smallest absolute Gasteiger partial charge is 0.338 e. The van der Waals surface area contributed by atoms with Crippen molar-refractivity contribution < 1.29 is 14.3 Å². The second-order valence-corrected chi connectivity index (χ2v) is 6.22. The summed E-state index contributed by atoms with van der Waals surface area (Å²) in [5, 5.41) is 5.85. The summed E-state index contributed by atoms with van der Waals surface area (Å²) in [5.41, 5.74) is 3.43. The molecular formula is C22H22N4O3. The molecule has 3 rings (SSSR count). The molecule has 7 nitrogen and oxygen atoms in total. The molecule has 0 unspecified atom stereocenters. The van der Waals surface area contributed by atoms with Gasteiger partial charge in [-0.25, -0.2) is 14.8 Å². The fourth-order valence-corrected chi connectivity index (χ4v) is 2.57. The van der Waals surface area contributed by atoms with E-state index in [4.69, 9.17) is 4.74 Å². The van der Waals surface area contributed by atoms with E-state index in [0.29, 0.717) is 29.4 Å². The predicted octanol–water partition coefficient (Wildman–Crippen LogP) is 4.21. The number of ether oxygens (including phenoxy) is 1. The highest BCUT2D eigenvalue weighted by Gasteiger charge is 2.10. The van der Waals surface area contributed by atoms with E-state index in [9.17, 15) is 9.59 Å². The van der Waals surface area contributed by atoms with E-state index in [2.05, 4.69) is 27.5 Å². The molecule has 0 saturated carbocycles. The molecule has 148 valence electrons. The van der Waals surface area contributed by atoms with E-state index < -0.39 is 5.97 Å². The number of nitrogens with zero attached hydrogens (tertiary/aromatic N) is 2. The Morgan fingerprint density at radius 2 is 1.48 bits per heavy atom. The van der Waals surface area contributed by atoms with Crippen molar-refractivity contribution in [3.8, 4) is 0 Å². The van der Waals surface area contributed by atoms with Crippen LogP contribution in [0.2, 0.25) is 0 Å². The second kappa shape index (κ2) is 9.45. The quantitative estimate of drug-likeness (QED) is 0.587. The minimum absolute atomic E-state index is 0.312. The molecular weight excluding hydrogens is 368 g/mol. The molecule has 0 bridgehead atoms. The SMILES string of the molecule is CCOC(=O)c1ccc(NC(=O)c2cnc(Nc3ccc(CC)cc3)nc2)cc1. The van der Waals surface area contributed by atoms with Gasteiger partial charge in [0.2, 0.25) is 5.95 Å². The van der Waals surface area contributed by atoms with E-state index in [-0.39, 0.29) is 5.91 Å². The highest BCUT2D eigenvalue weighted by molar-refractivity contribution is 6.04. The van der Waals surface area contributed by atoms with E-state index >= 15 is 0 Å². The van der Waals surface area contributed by atoms with Crippen molar-refractivity contribution in [2.75, 3.05) is 17.2 Å². The van der Waals surface area contributed by atoms with Crippen LogP contribution < -0.4 is 10.6 Å². The molecule has 0 saturated heterocycles. The minimum atomic E-state index is -0.397. The van der Waals surface area contributed by atoms with Crippen molar-refractivity contribution >= 4 is 29.2 Å². The Balaban J connectivity index is 1.60. The standard InChI is InChI=1S/C22H22N4O3/c1-3-15-5-9-19(10-6-15)26-22-23-13-17(14-24-22)20(27)25-18-11-7-16(8-12-18)21(28)29-4-2/h5-14H,3-4H2,1-2H3,(H,25,27)(H,23,24,26). The van der Waals surface area contributed by atoms with Gasteiger partial charge in [-0.1, -0.05) is 19.1 Å². The maximum Gasteiger partial charge on any atom is 0.338 e. The lowest BCUT2D eigenvalue weighted by Gasteiger charge is -2.08. The van der Waals surface area contributed by atoms with Gasteiger partial charge < -0.3 is 15.4 Å². The van der Waals surface area contributed by atoms with Crippen LogP contribution in [0.1, 0.15) is 40.1 Å². The molecule has 0 radical (unpaired) electrons. The lowest BCUT2D eigenvalue weighted by molar-refractivity contribution is 0.0526. The second-order valence-electron chi connectivity index (χ2n) is 6.22. The van der Waals surface area contributed by atoms with Gasteiger partial charge in [0.05, 0.1) is 17.7 Å². The molecule has 0 aliphatic carbocycles. The molecule has 1 amide bonds. The van der Waals surface area contributed by atoms with Gasteiger partial charge in [-0.15, -0.1) is 0 Å². The van der Waals surface area contributed by atoms with Gasteiger partial charge in [-0.05, 0) is 55.3 Å². The summed E-state index contributed by atoms with van der Waals surface area (Å²) >= 11 is 0. The van der Waals surface area contributed by atoms with Crippen molar-refractivity contribution in [3.05, 3.63) is 77.6 Å². The Morgan fingerprint density at radius 3 is 2.07 bits per heavy atom. The first-order valence-electron chi connectivity index (χ1n) is 9.35. The number of amides is 1. The fourth-order valence-electron chi connectivity index (χ4n) is 2.57. The summed E-state index contributed by atoms with van der Waals surface area (Å²) in [6.07, 6.45) is 3.89. The highest BCUT2D eigenvalue weighted by Crippen LogP contribution is 2.15. The molecule has 29 heavy (non-hydrogen) atoms. The maximum atomic E-state index is 12.4. The number of aromatic nitrogens is 2. The van der Waals surface area contributed by atoms with Crippen LogP contribution in [0, 0.1) is 0 Å². The van der Waals surface area contributed by atoms with Crippen LogP contribution in [0.4, 0.5) is 17.3 Å². The van der Waals surface area contributed by atoms with Crippen LogP contribution in [-0.4, -0.2) is 28.5 Å². The summed E-state index contributed by atoms with van der Waals surface area (Å²) in [6.45, 7) is 4.16. The zero-order valence-electron chi connectivity index (χ0n) is 16.3. The van der Waals surface area contributed by atoms with E-state index in [1.54, 1.807) is 31.2 Å². The lowest BCUT2D eigenvalue weighted by Crippen LogP contribution is -2.13. The van der Waals surface area contributed by atoms with Crippen LogP contribution in [0.3, 0.4) is 0 Å². The third-order valence-electron chi connectivity index (χ3n) is 4.19. The molecule has 0 atom stereocenters. The van der Waals surface area contributed by atoms with Gasteiger partial charge in [0.1, 0.15) is 0 Å².